The first-order valence-corrected chi connectivity index (χ1v) is 6.83. The summed E-state index contributed by atoms with van der Waals surface area (Å²) < 4.78 is 28.5. The Bertz CT molecular complexity index is 235. The van der Waals surface area contributed by atoms with E-state index in [4.69, 9.17) is 13.0 Å². The molecular weight excluding hydrogens is 202 g/mol. The molecule has 0 aromatic rings. The molecule has 5 heteroatoms. The number of rotatable bonds is 1. The lowest BCUT2D eigenvalue weighted by Crippen LogP contribution is -2.47. The Morgan fingerprint density at radius 3 is 1.79 bits per heavy atom. The highest BCUT2D eigenvalue weighted by Crippen LogP contribution is 2.14. The molecule has 0 aromatic carbocycles. The number of hydrogen-bond donors (Lipinski definition) is 0. The van der Waals surface area contributed by atoms with Crippen molar-refractivity contribution in [3.63, 3.8) is 0 Å². The van der Waals surface area contributed by atoms with Crippen molar-refractivity contribution in [3.8, 4) is 0 Å². The summed E-state index contributed by atoms with van der Waals surface area (Å²) in [6, 6.07) is 0. The molecule has 1 fully saturated rings. The first-order chi connectivity index (χ1) is 6.27. The van der Waals surface area contributed by atoms with Crippen molar-refractivity contribution < 1.29 is 17.5 Å². The molecule has 1 aliphatic rings. The summed E-state index contributed by atoms with van der Waals surface area (Å²) in [6.07, 6.45) is 4.97. The van der Waals surface area contributed by atoms with E-state index in [1.54, 1.807) is 0 Å². The standard InChI is InChI=1S/C8H18N.CH4O3S/c1-3-9(2)7-5-4-6-8-9;1-5(2,3)4/h3-8H2,1-2H3;1H3,(H,2,3,4)/q+1;/p-1. The highest BCUT2D eigenvalue weighted by molar-refractivity contribution is 7.84. The fourth-order valence-corrected chi connectivity index (χ4v) is 1.59. The van der Waals surface area contributed by atoms with Crippen molar-refractivity contribution in [2.24, 2.45) is 0 Å². The van der Waals surface area contributed by atoms with Gasteiger partial charge in [0.1, 0.15) is 0 Å². The van der Waals surface area contributed by atoms with E-state index in [-0.39, 0.29) is 0 Å². The monoisotopic (exact) mass is 223 g/mol. The molecule has 0 aliphatic carbocycles. The Morgan fingerprint density at radius 2 is 1.57 bits per heavy atom. The van der Waals surface area contributed by atoms with Crippen molar-refractivity contribution in [2.75, 3.05) is 32.9 Å². The molecule has 14 heavy (non-hydrogen) atoms. The SMILES string of the molecule is CC[N+]1(C)CCCCC1.CS(=O)(=O)[O-]. The van der Waals surface area contributed by atoms with Gasteiger partial charge < -0.3 is 9.04 Å². The van der Waals surface area contributed by atoms with E-state index in [2.05, 4.69) is 14.0 Å². The Kier molecular flexibility index (Phi) is 5.63. The van der Waals surface area contributed by atoms with E-state index in [0.717, 1.165) is 0 Å². The topological polar surface area (TPSA) is 57.2 Å². The van der Waals surface area contributed by atoms with Crippen molar-refractivity contribution in [3.05, 3.63) is 0 Å². The van der Waals surface area contributed by atoms with Gasteiger partial charge >= 0.3 is 0 Å². The first kappa shape index (κ1) is 13.9. The van der Waals surface area contributed by atoms with Crippen molar-refractivity contribution in [2.45, 2.75) is 26.2 Å². The minimum absolute atomic E-state index is 0.604. The van der Waals surface area contributed by atoms with Crippen LogP contribution >= 0.6 is 0 Å². The zero-order valence-electron chi connectivity index (χ0n) is 9.32. The van der Waals surface area contributed by atoms with Crippen LogP contribution in [0.3, 0.4) is 0 Å². The lowest BCUT2D eigenvalue weighted by atomic mass is 10.1. The summed E-state index contributed by atoms with van der Waals surface area (Å²) in [7, 11) is -1.54. The quantitative estimate of drug-likeness (QED) is 0.488. The predicted octanol–water partition coefficient (Wildman–Crippen LogP) is 0.798. The third-order valence-electron chi connectivity index (χ3n) is 2.66. The minimum atomic E-state index is -3.92. The third kappa shape index (κ3) is 8.47. The molecule has 0 spiro atoms. The normalized spacial score (nSPS) is 20.9. The Labute approximate surface area is 87.3 Å². The zero-order valence-corrected chi connectivity index (χ0v) is 10.1. The summed E-state index contributed by atoms with van der Waals surface area (Å²) in [4.78, 5) is 0. The van der Waals surface area contributed by atoms with Gasteiger partial charge in [0, 0.05) is 6.26 Å². The highest BCUT2D eigenvalue weighted by atomic mass is 32.2. The molecule has 0 radical (unpaired) electrons. The predicted molar refractivity (Wildman–Crippen MR) is 55.9 cm³/mol. The molecule has 1 saturated heterocycles. The summed E-state index contributed by atoms with van der Waals surface area (Å²) in [5.74, 6) is 0. The molecule has 0 bridgehead atoms. The fourth-order valence-electron chi connectivity index (χ4n) is 1.59. The van der Waals surface area contributed by atoms with Crippen molar-refractivity contribution in [1.82, 2.24) is 0 Å². The maximum absolute atomic E-state index is 9.08. The second kappa shape index (κ2) is 5.68. The van der Waals surface area contributed by atoms with Crippen molar-refractivity contribution >= 4 is 10.1 Å². The van der Waals surface area contributed by atoms with E-state index in [9.17, 15) is 0 Å². The number of quaternary nitrogens is 1. The average Bonchev–Trinajstić information content (AvgIpc) is 2.03. The lowest BCUT2D eigenvalue weighted by Gasteiger charge is -2.36. The molecule has 0 N–H and O–H groups in total. The van der Waals surface area contributed by atoms with Crippen LogP contribution in [0.4, 0.5) is 0 Å². The summed E-state index contributed by atoms with van der Waals surface area (Å²) in [5, 5.41) is 0. The van der Waals surface area contributed by atoms with Gasteiger partial charge in [0.25, 0.3) is 0 Å². The smallest absolute Gasteiger partial charge is 0.0916 e. The molecule has 0 atom stereocenters. The van der Waals surface area contributed by atoms with Gasteiger partial charge in [-0.25, -0.2) is 8.42 Å². The molecule has 0 saturated carbocycles. The van der Waals surface area contributed by atoms with Crippen LogP contribution in [0.25, 0.3) is 0 Å². The molecule has 0 aromatic heterocycles. The van der Waals surface area contributed by atoms with Crippen molar-refractivity contribution in [1.29, 1.82) is 0 Å². The molecule has 86 valence electrons. The van der Waals surface area contributed by atoms with Crippen LogP contribution in [0.2, 0.25) is 0 Å². The molecule has 1 rings (SSSR count). The van der Waals surface area contributed by atoms with Crippen LogP contribution in [0, 0.1) is 0 Å². The molecular formula is C9H21NO3S. The van der Waals surface area contributed by atoms with Gasteiger partial charge in [0.2, 0.25) is 0 Å². The second-order valence-electron chi connectivity index (χ2n) is 4.15. The summed E-state index contributed by atoms with van der Waals surface area (Å²) >= 11 is 0. The number of nitrogens with zero attached hydrogens (tertiary/aromatic N) is 1. The van der Waals surface area contributed by atoms with Gasteiger partial charge in [-0.3, -0.25) is 0 Å². The molecule has 1 heterocycles. The van der Waals surface area contributed by atoms with E-state index in [0.29, 0.717) is 6.26 Å². The Hall–Kier alpha value is -0.130. The number of piperidine rings is 1. The minimum Gasteiger partial charge on any atom is -0.748 e. The van der Waals surface area contributed by atoms with Gasteiger partial charge in [0.15, 0.2) is 0 Å². The average molecular weight is 223 g/mol. The summed E-state index contributed by atoms with van der Waals surface area (Å²) in [6.45, 7) is 6.44. The van der Waals surface area contributed by atoms with E-state index in [1.165, 1.54) is 43.4 Å². The van der Waals surface area contributed by atoms with Crippen LogP contribution in [0.1, 0.15) is 26.2 Å². The fraction of sp³-hybridized carbons (Fsp3) is 1.00. The largest absolute Gasteiger partial charge is 0.748 e. The van der Waals surface area contributed by atoms with Gasteiger partial charge in [-0.1, -0.05) is 0 Å². The molecule has 0 amide bonds. The second-order valence-corrected chi connectivity index (χ2v) is 5.56. The Balaban J connectivity index is 0.000000292. The van der Waals surface area contributed by atoms with Crippen LogP contribution in [0.15, 0.2) is 0 Å². The first-order valence-electron chi connectivity index (χ1n) is 5.01. The number of hydrogen-bond acceptors (Lipinski definition) is 3. The lowest BCUT2D eigenvalue weighted by molar-refractivity contribution is -0.912. The molecule has 1 aliphatic heterocycles. The molecule has 0 unspecified atom stereocenters. The summed E-state index contributed by atoms with van der Waals surface area (Å²) in [5.41, 5.74) is 0. The van der Waals surface area contributed by atoms with Crippen LogP contribution in [-0.2, 0) is 10.1 Å². The van der Waals surface area contributed by atoms with Gasteiger partial charge in [-0.05, 0) is 26.2 Å². The van der Waals surface area contributed by atoms with Crippen LogP contribution in [0.5, 0.6) is 0 Å². The van der Waals surface area contributed by atoms with Gasteiger partial charge in [0.05, 0.1) is 36.8 Å². The Morgan fingerprint density at radius 1 is 1.21 bits per heavy atom. The van der Waals surface area contributed by atoms with Gasteiger partial charge in [-0.15, -0.1) is 0 Å². The number of likely N-dealkylation sites (tertiary alicyclic amines) is 1. The third-order valence-corrected chi connectivity index (χ3v) is 2.66. The molecule has 4 nitrogen and oxygen atoms in total. The van der Waals surface area contributed by atoms with E-state index >= 15 is 0 Å². The van der Waals surface area contributed by atoms with Crippen LogP contribution < -0.4 is 0 Å². The van der Waals surface area contributed by atoms with Crippen LogP contribution in [-0.4, -0.2) is 50.4 Å². The van der Waals surface area contributed by atoms with Gasteiger partial charge in [-0.2, -0.15) is 0 Å². The zero-order chi connectivity index (χ0) is 11.2. The van der Waals surface area contributed by atoms with E-state index in [1.807, 2.05) is 0 Å². The maximum atomic E-state index is 9.08. The maximum Gasteiger partial charge on any atom is 0.0916 e. The van der Waals surface area contributed by atoms with E-state index < -0.39 is 10.1 Å². The highest BCUT2D eigenvalue weighted by Gasteiger charge is 2.21.